The van der Waals surface area contributed by atoms with E-state index in [2.05, 4.69) is 11.4 Å². The lowest BCUT2D eigenvalue weighted by Crippen LogP contribution is -2.33. The normalized spacial score (nSPS) is 16.3. The van der Waals surface area contributed by atoms with Gasteiger partial charge in [-0.25, -0.2) is 0 Å². The minimum atomic E-state index is 0.146. The number of aromatic hydroxyl groups is 1. The maximum Gasteiger partial charge on any atom is 0.188 e. The van der Waals surface area contributed by atoms with Gasteiger partial charge in [0.1, 0.15) is 23.4 Å². The van der Waals surface area contributed by atoms with Crippen molar-refractivity contribution in [2.75, 3.05) is 20.4 Å². The molecule has 1 aliphatic rings. The molecule has 0 saturated carbocycles. The molecule has 1 atom stereocenters. The zero-order chi connectivity index (χ0) is 16.8. The molecule has 0 aliphatic carbocycles. The molecule has 0 bridgehead atoms. The summed E-state index contributed by atoms with van der Waals surface area (Å²) in [5.74, 6) is 1.94. The molecule has 128 valence electrons. The minimum Gasteiger partial charge on any atom is -0.508 e. The van der Waals surface area contributed by atoms with E-state index in [-0.39, 0.29) is 18.6 Å². The lowest BCUT2D eigenvalue weighted by atomic mass is 10.0. The van der Waals surface area contributed by atoms with Gasteiger partial charge in [-0.3, -0.25) is 0 Å². The Morgan fingerprint density at radius 1 is 1.21 bits per heavy atom. The van der Waals surface area contributed by atoms with Crippen molar-refractivity contribution < 1.29 is 19.3 Å². The van der Waals surface area contributed by atoms with Crippen LogP contribution in [0.4, 0.5) is 0 Å². The van der Waals surface area contributed by atoms with Crippen LogP contribution in [0.15, 0.2) is 42.5 Å². The van der Waals surface area contributed by atoms with Crippen molar-refractivity contribution in [3.8, 4) is 17.2 Å². The molecule has 0 radical (unpaired) electrons. The van der Waals surface area contributed by atoms with Crippen molar-refractivity contribution in [1.82, 2.24) is 5.32 Å². The first-order valence-corrected chi connectivity index (χ1v) is 8.14. The average Bonchev–Trinajstić information content (AvgIpc) is 2.61. The molecule has 5 nitrogen and oxygen atoms in total. The van der Waals surface area contributed by atoms with E-state index in [4.69, 9.17) is 14.2 Å². The number of hydrogen-bond donors (Lipinski definition) is 2. The summed E-state index contributed by atoms with van der Waals surface area (Å²) in [6, 6.07) is 13.2. The van der Waals surface area contributed by atoms with Gasteiger partial charge in [-0.15, -0.1) is 0 Å². The molecule has 0 amide bonds. The summed E-state index contributed by atoms with van der Waals surface area (Å²) in [7, 11) is 1.60. The molecular formula is C19H23NO4. The van der Waals surface area contributed by atoms with E-state index in [1.807, 2.05) is 24.3 Å². The van der Waals surface area contributed by atoms with Crippen LogP contribution in [0, 0.1) is 0 Å². The van der Waals surface area contributed by atoms with Crippen molar-refractivity contribution in [2.24, 2.45) is 0 Å². The standard InChI is InChI=1S/C19H23NO4/c1-22-13-23-17-8-4-15-5-9-18(24-19(15)10-17)12-20-11-14-2-6-16(21)7-3-14/h2-4,6-8,10,18,20-21H,5,9,11-13H2,1H3. The predicted octanol–water partition coefficient (Wildman–Crippen LogP) is 2.86. The number of hydrogen-bond acceptors (Lipinski definition) is 5. The number of benzene rings is 2. The third-order valence-electron chi connectivity index (χ3n) is 4.05. The highest BCUT2D eigenvalue weighted by molar-refractivity contribution is 5.42. The fourth-order valence-corrected chi connectivity index (χ4v) is 2.76. The molecule has 2 aromatic rings. The molecular weight excluding hydrogens is 306 g/mol. The second-order valence-corrected chi connectivity index (χ2v) is 5.90. The largest absolute Gasteiger partial charge is 0.508 e. The highest BCUT2D eigenvalue weighted by Gasteiger charge is 2.20. The van der Waals surface area contributed by atoms with Gasteiger partial charge in [0.25, 0.3) is 0 Å². The van der Waals surface area contributed by atoms with E-state index in [0.717, 1.165) is 43.0 Å². The Balaban J connectivity index is 1.51. The van der Waals surface area contributed by atoms with E-state index < -0.39 is 0 Å². The Bertz CT molecular complexity index is 657. The zero-order valence-corrected chi connectivity index (χ0v) is 13.8. The van der Waals surface area contributed by atoms with Crippen LogP contribution in [0.2, 0.25) is 0 Å². The molecule has 1 unspecified atom stereocenters. The van der Waals surface area contributed by atoms with Crippen molar-refractivity contribution >= 4 is 0 Å². The van der Waals surface area contributed by atoms with Crippen molar-refractivity contribution in [2.45, 2.75) is 25.5 Å². The molecule has 5 heteroatoms. The van der Waals surface area contributed by atoms with Gasteiger partial charge in [-0.2, -0.15) is 0 Å². The maximum atomic E-state index is 9.30. The summed E-state index contributed by atoms with van der Waals surface area (Å²) in [5, 5.41) is 12.7. The van der Waals surface area contributed by atoms with Crippen molar-refractivity contribution in [3.63, 3.8) is 0 Å². The van der Waals surface area contributed by atoms with Gasteiger partial charge < -0.3 is 24.6 Å². The molecule has 24 heavy (non-hydrogen) atoms. The maximum absolute atomic E-state index is 9.30. The SMILES string of the molecule is COCOc1ccc2c(c1)OC(CNCc1ccc(O)cc1)CC2. The molecule has 0 saturated heterocycles. The lowest BCUT2D eigenvalue weighted by Gasteiger charge is -2.26. The number of phenols is 1. The Hall–Kier alpha value is -2.24. The summed E-state index contributed by atoms with van der Waals surface area (Å²) in [6.07, 6.45) is 2.14. The fourth-order valence-electron chi connectivity index (χ4n) is 2.76. The van der Waals surface area contributed by atoms with E-state index in [9.17, 15) is 5.11 Å². The highest BCUT2D eigenvalue weighted by Crippen LogP contribution is 2.31. The number of aryl methyl sites for hydroxylation is 1. The van der Waals surface area contributed by atoms with Crippen LogP contribution >= 0.6 is 0 Å². The number of phenolic OH excluding ortho intramolecular Hbond substituents is 1. The topological polar surface area (TPSA) is 60.0 Å². The quantitative estimate of drug-likeness (QED) is 0.765. The second kappa shape index (κ2) is 8.04. The molecule has 2 N–H and O–H groups in total. The Morgan fingerprint density at radius 3 is 2.83 bits per heavy atom. The highest BCUT2D eigenvalue weighted by atomic mass is 16.7. The first kappa shape index (κ1) is 16.6. The number of rotatable bonds is 7. The number of ether oxygens (including phenoxy) is 3. The Morgan fingerprint density at radius 2 is 2.04 bits per heavy atom. The molecule has 0 aromatic heterocycles. The van der Waals surface area contributed by atoms with E-state index in [1.54, 1.807) is 19.2 Å². The van der Waals surface area contributed by atoms with Crippen LogP contribution in [0.25, 0.3) is 0 Å². The van der Waals surface area contributed by atoms with Crippen LogP contribution in [0.5, 0.6) is 17.2 Å². The van der Waals surface area contributed by atoms with Crippen LogP contribution in [0.1, 0.15) is 17.5 Å². The monoisotopic (exact) mass is 329 g/mol. The average molecular weight is 329 g/mol. The Labute approximate surface area is 142 Å². The number of methoxy groups -OCH3 is 1. The predicted molar refractivity (Wildman–Crippen MR) is 91.5 cm³/mol. The van der Waals surface area contributed by atoms with Gasteiger partial charge >= 0.3 is 0 Å². The van der Waals surface area contributed by atoms with Gasteiger partial charge in [-0.05, 0) is 42.2 Å². The summed E-state index contributed by atoms with van der Waals surface area (Å²) >= 11 is 0. The summed E-state index contributed by atoms with van der Waals surface area (Å²) in [6.45, 7) is 1.77. The van der Waals surface area contributed by atoms with Crippen molar-refractivity contribution in [1.29, 1.82) is 0 Å². The van der Waals surface area contributed by atoms with E-state index in [1.165, 1.54) is 5.56 Å². The van der Waals surface area contributed by atoms with Gasteiger partial charge in [0, 0.05) is 26.3 Å². The Kier molecular flexibility index (Phi) is 5.56. The van der Waals surface area contributed by atoms with Gasteiger partial charge in [0.15, 0.2) is 6.79 Å². The molecule has 3 rings (SSSR count). The van der Waals surface area contributed by atoms with Crippen LogP contribution in [-0.2, 0) is 17.7 Å². The summed E-state index contributed by atoms with van der Waals surface area (Å²) in [5.41, 5.74) is 2.36. The summed E-state index contributed by atoms with van der Waals surface area (Å²) in [4.78, 5) is 0. The number of nitrogens with one attached hydrogen (secondary N) is 1. The summed E-state index contributed by atoms with van der Waals surface area (Å²) < 4.78 is 16.5. The first-order chi connectivity index (χ1) is 11.7. The smallest absolute Gasteiger partial charge is 0.188 e. The van der Waals surface area contributed by atoms with Crippen LogP contribution in [-0.4, -0.2) is 31.7 Å². The first-order valence-electron chi connectivity index (χ1n) is 8.14. The van der Waals surface area contributed by atoms with E-state index in [0.29, 0.717) is 0 Å². The molecule has 2 aromatic carbocycles. The van der Waals surface area contributed by atoms with Gasteiger partial charge in [-0.1, -0.05) is 18.2 Å². The van der Waals surface area contributed by atoms with Gasteiger partial charge in [0.05, 0.1) is 0 Å². The third-order valence-corrected chi connectivity index (χ3v) is 4.05. The molecule has 0 spiro atoms. The lowest BCUT2D eigenvalue weighted by molar-refractivity contribution is 0.0507. The fraction of sp³-hybridized carbons (Fsp3) is 0.368. The van der Waals surface area contributed by atoms with Gasteiger partial charge in [0.2, 0.25) is 0 Å². The van der Waals surface area contributed by atoms with E-state index >= 15 is 0 Å². The number of fused-ring (bicyclic) bond motifs is 1. The second-order valence-electron chi connectivity index (χ2n) is 5.90. The zero-order valence-electron chi connectivity index (χ0n) is 13.8. The van der Waals surface area contributed by atoms with Crippen molar-refractivity contribution in [3.05, 3.63) is 53.6 Å². The third kappa shape index (κ3) is 4.40. The minimum absolute atomic E-state index is 0.146. The van der Waals surface area contributed by atoms with Crippen LogP contribution in [0.3, 0.4) is 0 Å². The molecule has 1 aliphatic heterocycles. The molecule has 0 fully saturated rings. The molecule has 1 heterocycles. The van der Waals surface area contributed by atoms with Crippen LogP contribution < -0.4 is 14.8 Å².